The van der Waals surface area contributed by atoms with E-state index in [1.165, 1.54) is 31.2 Å². The summed E-state index contributed by atoms with van der Waals surface area (Å²) in [6.45, 7) is 2.35. The Kier molecular flexibility index (Phi) is 5.50. The Bertz CT molecular complexity index is 747. The predicted octanol–water partition coefficient (Wildman–Crippen LogP) is 3.21. The van der Waals surface area contributed by atoms with Crippen molar-refractivity contribution in [1.82, 2.24) is 20.2 Å². The van der Waals surface area contributed by atoms with Crippen LogP contribution >= 0.6 is 11.6 Å². The van der Waals surface area contributed by atoms with Gasteiger partial charge in [-0.15, -0.1) is 0 Å². The van der Waals surface area contributed by atoms with Gasteiger partial charge in [0.25, 0.3) is 0 Å². The zero-order valence-corrected chi connectivity index (χ0v) is 16.3. The van der Waals surface area contributed by atoms with Crippen LogP contribution in [0.3, 0.4) is 0 Å². The highest BCUT2D eigenvalue weighted by atomic mass is 35.5. The van der Waals surface area contributed by atoms with Crippen molar-refractivity contribution < 1.29 is 4.79 Å². The lowest BCUT2D eigenvalue weighted by molar-refractivity contribution is -0.144. The average molecular weight is 387 g/mol. The lowest BCUT2D eigenvalue weighted by Crippen LogP contribution is -2.66. The topological polar surface area (TPSA) is 61.0 Å². The number of aromatic nitrogens is 2. The molecule has 0 atom stereocenters. The zero-order valence-electron chi connectivity index (χ0n) is 15.6. The number of rotatable bonds is 7. The van der Waals surface area contributed by atoms with E-state index < -0.39 is 0 Å². The number of aromatic amines is 1. The van der Waals surface area contributed by atoms with Crippen molar-refractivity contribution in [2.75, 3.05) is 19.6 Å². The summed E-state index contributed by atoms with van der Waals surface area (Å²) in [4.78, 5) is 22.7. The third kappa shape index (κ3) is 4.19. The largest absolute Gasteiger partial charge is 0.355 e. The number of amides is 1. The first-order valence-electron chi connectivity index (χ1n) is 9.89. The van der Waals surface area contributed by atoms with Gasteiger partial charge in [-0.25, -0.2) is 4.98 Å². The Morgan fingerprint density at radius 3 is 2.67 bits per heavy atom. The van der Waals surface area contributed by atoms with Crippen LogP contribution in [0.5, 0.6) is 0 Å². The number of carbonyl (C=O) groups is 1. The number of nitrogens with one attached hydrogen (secondary N) is 2. The monoisotopic (exact) mass is 386 g/mol. The molecule has 2 N–H and O–H groups in total. The molecule has 2 aromatic rings. The van der Waals surface area contributed by atoms with Gasteiger partial charge < -0.3 is 10.3 Å². The van der Waals surface area contributed by atoms with Crippen molar-refractivity contribution in [3.8, 4) is 0 Å². The Hall–Kier alpha value is -1.85. The minimum absolute atomic E-state index is 0.172. The molecule has 0 radical (unpaired) electrons. The van der Waals surface area contributed by atoms with Gasteiger partial charge in [0.1, 0.15) is 0 Å². The normalized spacial score (nSPS) is 19.7. The van der Waals surface area contributed by atoms with Crippen molar-refractivity contribution in [3.63, 3.8) is 0 Å². The smallest absolute Gasteiger partial charge is 0.229 e. The van der Waals surface area contributed by atoms with Crippen molar-refractivity contribution in [3.05, 3.63) is 53.1 Å². The van der Waals surface area contributed by atoms with Gasteiger partial charge in [-0.05, 0) is 37.0 Å². The molecule has 1 aliphatic carbocycles. The first-order chi connectivity index (χ1) is 13.1. The van der Waals surface area contributed by atoms with Gasteiger partial charge in [-0.3, -0.25) is 9.69 Å². The standard InChI is InChI=1S/C21H27ClN4O/c22-17-7-5-16(6-8-17)11-21(13-26(14-21)19-3-1-2-4-19)20(27)24-10-9-18-12-23-15-25-18/h5-8,12,15,19H,1-4,9-11,13-14H2,(H,23,25)(H,24,27). The van der Waals surface area contributed by atoms with Crippen molar-refractivity contribution in [1.29, 1.82) is 0 Å². The van der Waals surface area contributed by atoms with Gasteiger partial charge in [-0.1, -0.05) is 36.6 Å². The van der Waals surface area contributed by atoms with Crippen LogP contribution in [-0.4, -0.2) is 46.5 Å². The molecule has 2 aliphatic rings. The van der Waals surface area contributed by atoms with E-state index in [1.54, 1.807) is 12.5 Å². The second kappa shape index (κ2) is 8.03. The Morgan fingerprint density at radius 2 is 2.00 bits per heavy atom. The molecule has 5 nitrogen and oxygen atoms in total. The van der Waals surface area contributed by atoms with E-state index in [-0.39, 0.29) is 11.3 Å². The quantitative estimate of drug-likeness (QED) is 0.768. The van der Waals surface area contributed by atoms with Crippen molar-refractivity contribution in [2.24, 2.45) is 5.41 Å². The van der Waals surface area contributed by atoms with Gasteiger partial charge in [0, 0.05) is 49.0 Å². The second-order valence-electron chi connectivity index (χ2n) is 8.01. The molecule has 0 unspecified atom stereocenters. The van der Waals surface area contributed by atoms with Crippen molar-refractivity contribution >= 4 is 17.5 Å². The minimum Gasteiger partial charge on any atom is -0.355 e. The summed E-state index contributed by atoms with van der Waals surface area (Å²) in [5.74, 6) is 0.172. The van der Waals surface area contributed by atoms with Crippen LogP contribution in [0, 0.1) is 5.41 Å². The molecule has 1 aromatic carbocycles. The summed E-state index contributed by atoms with van der Waals surface area (Å²) < 4.78 is 0. The van der Waals surface area contributed by atoms with Gasteiger partial charge in [0.05, 0.1) is 11.7 Å². The number of hydrogen-bond donors (Lipinski definition) is 2. The number of hydrogen-bond acceptors (Lipinski definition) is 3. The van der Waals surface area contributed by atoms with E-state index in [1.807, 2.05) is 24.3 Å². The number of likely N-dealkylation sites (tertiary alicyclic amines) is 1. The molecule has 144 valence electrons. The molecule has 2 fully saturated rings. The lowest BCUT2D eigenvalue weighted by atomic mass is 9.73. The van der Waals surface area contributed by atoms with E-state index in [0.29, 0.717) is 12.6 Å². The van der Waals surface area contributed by atoms with Gasteiger partial charge >= 0.3 is 0 Å². The fraction of sp³-hybridized carbons (Fsp3) is 0.524. The number of benzene rings is 1. The van der Waals surface area contributed by atoms with Crippen LogP contribution in [0.1, 0.15) is 36.9 Å². The maximum absolute atomic E-state index is 13.1. The van der Waals surface area contributed by atoms with E-state index in [4.69, 9.17) is 11.6 Å². The molecule has 1 aliphatic heterocycles. The van der Waals surface area contributed by atoms with Crippen LogP contribution in [-0.2, 0) is 17.6 Å². The van der Waals surface area contributed by atoms with Crippen LogP contribution in [0.4, 0.5) is 0 Å². The molecule has 1 saturated carbocycles. The van der Waals surface area contributed by atoms with Gasteiger partial charge in [-0.2, -0.15) is 0 Å². The summed E-state index contributed by atoms with van der Waals surface area (Å²) >= 11 is 6.02. The fourth-order valence-corrected chi connectivity index (χ4v) is 4.63. The van der Waals surface area contributed by atoms with Crippen LogP contribution in [0.2, 0.25) is 5.02 Å². The van der Waals surface area contributed by atoms with Gasteiger partial charge in [0.2, 0.25) is 5.91 Å². The molecular formula is C21H27ClN4O. The molecule has 0 spiro atoms. The predicted molar refractivity (Wildman–Crippen MR) is 107 cm³/mol. The number of nitrogens with zero attached hydrogens (tertiary/aromatic N) is 2. The van der Waals surface area contributed by atoms with E-state index >= 15 is 0 Å². The Morgan fingerprint density at radius 1 is 1.26 bits per heavy atom. The zero-order chi connectivity index (χ0) is 18.7. The molecule has 1 aromatic heterocycles. The molecule has 4 rings (SSSR count). The molecule has 1 amide bonds. The number of halogens is 1. The lowest BCUT2D eigenvalue weighted by Gasteiger charge is -2.51. The molecule has 27 heavy (non-hydrogen) atoms. The maximum atomic E-state index is 13.1. The summed E-state index contributed by atoms with van der Waals surface area (Å²) in [6, 6.07) is 8.57. The fourth-order valence-electron chi connectivity index (χ4n) is 4.51. The van der Waals surface area contributed by atoms with E-state index in [2.05, 4.69) is 20.2 Å². The average Bonchev–Trinajstić information content (AvgIpc) is 3.33. The second-order valence-corrected chi connectivity index (χ2v) is 8.45. The van der Waals surface area contributed by atoms with Crippen LogP contribution in [0.25, 0.3) is 0 Å². The Labute approximate surface area is 165 Å². The van der Waals surface area contributed by atoms with Gasteiger partial charge in [0.15, 0.2) is 0 Å². The number of carbonyl (C=O) groups excluding carboxylic acids is 1. The molecule has 1 saturated heterocycles. The van der Waals surface area contributed by atoms with Crippen LogP contribution in [0.15, 0.2) is 36.8 Å². The number of H-pyrrole nitrogens is 1. The molecule has 6 heteroatoms. The summed E-state index contributed by atoms with van der Waals surface area (Å²) in [6.07, 6.45) is 10.2. The van der Waals surface area contributed by atoms with E-state index in [9.17, 15) is 4.79 Å². The first-order valence-corrected chi connectivity index (χ1v) is 10.3. The summed E-state index contributed by atoms with van der Waals surface area (Å²) in [5, 5.41) is 3.90. The molecular weight excluding hydrogens is 360 g/mol. The third-order valence-corrected chi connectivity index (χ3v) is 6.28. The van der Waals surface area contributed by atoms with E-state index in [0.717, 1.165) is 36.6 Å². The first kappa shape index (κ1) is 18.5. The highest BCUT2D eigenvalue weighted by Crippen LogP contribution is 2.39. The van der Waals surface area contributed by atoms with Crippen molar-refractivity contribution in [2.45, 2.75) is 44.6 Å². The summed E-state index contributed by atoms with van der Waals surface area (Å²) in [7, 11) is 0. The molecule has 2 heterocycles. The third-order valence-electron chi connectivity index (χ3n) is 6.02. The minimum atomic E-state index is -0.329. The highest BCUT2D eigenvalue weighted by Gasteiger charge is 2.50. The summed E-state index contributed by atoms with van der Waals surface area (Å²) in [5.41, 5.74) is 1.89. The molecule has 0 bridgehead atoms. The Balaban J connectivity index is 1.40. The maximum Gasteiger partial charge on any atom is 0.229 e. The SMILES string of the molecule is O=C(NCCc1cnc[nH]1)C1(Cc2ccc(Cl)cc2)CN(C2CCCC2)C1. The number of imidazole rings is 1. The highest BCUT2D eigenvalue weighted by molar-refractivity contribution is 6.30. The van der Waals surface area contributed by atoms with Crippen LogP contribution < -0.4 is 5.32 Å².